The van der Waals surface area contributed by atoms with E-state index in [1.807, 2.05) is 6.07 Å². The van der Waals surface area contributed by atoms with Crippen molar-refractivity contribution in [1.82, 2.24) is 0 Å². The zero-order valence-electron chi connectivity index (χ0n) is 7.58. The molecule has 0 aliphatic carbocycles. The van der Waals surface area contributed by atoms with Crippen LogP contribution in [0.5, 0.6) is 0 Å². The van der Waals surface area contributed by atoms with Crippen LogP contribution >= 0.6 is 15.9 Å². The van der Waals surface area contributed by atoms with Crippen molar-refractivity contribution < 1.29 is 9.53 Å². The highest BCUT2D eigenvalue weighted by molar-refractivity contribution is 9.10. The average molecular weight is 254 g/mol. The molecule has 0 heterocycles. The van der Waals surface area contributed by atoms with Gasteiger partial charge in [-0.15, -0.1) is 0 Å². The highest BCUT2D eigenvalue weighted by Gasteiger charge is 2.09. The van der Waals surface area contributed by atoms with Crippen LogP contribution in [-0.2, 0) is 16.0 Å². The summed E-state index contributed by atoms with van der Waals surface area (Å²) in [6, 6.07) is 7.32. The fourth-order valence-corrected chi connectivity index (χ4v) is 1.56. The van der Waals surface area contributed by atoms with Crippen molar-refractivity contribution in [2.24, 2.45) is 0 Å². The maximum absolute atomic E-state index is 11.0. The van der Waals surface area contributed by atoms with Crippen LogP contribution in [0, 0.1) is 11.3 Å². The quantitative estimate of drug-likeness (QED) is 0.759. The zero-order valence-corrected chi connectivity index (χ0v) is 9.17. The van der Waals surface area contributed by atoms with E-state index in [4.69, 9.17) is 5.26 Å². The summed E-state index contributed by atoms with van der Waals surface area (Å²) in [5.74, 6) is -0.348. The van der Waals surface area contributed by atoms with Crippen molar-refractivity contribution in [1.29, 1.82) is 5.26 Å². The number of carbonyl (C=O) groups excluding carboxylic acids is 1. The van der Waals surface area contributed by atoms with Crippen molar-refractivity contribution in [2.45, 2.75) is 6.42 Å². The summed E-state index contributed by atoms with van der Waals surface area (Å²) in [7, 11) is 1.33. The Labute approximate surface area is 90.4 Å². The molecule has 1 rings (SSSR count). The molecule has 0 fully saturated rings. The molecule has 1 aromatic rings. The number of nitrogens with zero attached hydrogens (tertiary/aromatic N) is 1. The Hall–Kier alpha value is -1.34. The number of esters is 1. The molecule has 1 aromatic carbocycles. The third-order valence-electron chi connectivity index (χ3n) is 1.77. The number of hydrogen-bond acceptors (Lipinski definition) is 3. The monoisotopic (exact) mass is 253 g/mol. The normalized spacial score (nSPS) is 9.21. The Morgan fingerprint density at radius 3 is 2.93 bits per heavy atom. The van der Waals surface area contributed by atoms with E-state index in [1.165, 1.54) is 7.11 Å². The summed E-state index contributed by atoms with van der Waals surface area (Å²) >= 11 is 3.24. The van der Waals surface area contributed by atoms with E-state index in [9.17, 15) is 4.79 Å². The summed E-state index contributed by atoms with van der Waals surface area (Å²) in [5.41, 5.74) is 1.16. The largest absolute Gasteiger partial charge is 0.469 e. The SMILES string of the molecule is COC(=O)Cc1cccc(Br)c1C#N. The number of methoxy groups -OCH3 is 1. The lowest BCUT2D eigenvalue weighted by molar-refractivity contribution is -0.139. The van der Waals surface area contributed by atoms with E-state index in [0.29, 0.717) is 15.6 Å². The van der Waals surface area contributed by atoms with E-state index in [-0.39, 0.29) is 12.4 Å². The summed E-state index contributed by atoms with van der Waals surface area (Å²) in [5, 5.41) is 8.85. The molecular weight excluding hydrogens is 246 g/mol. The number of hydrogen-bond donors (Lipinski definition) is 0. The van der Waals surface area contributed by atoms with E-state index >= 15 is 0 Å². The number of ether oxygens (including phenoxy) is 1. The van der Waals surface area contributed by atoms with E-state index in [0.717, 1.165) is 0 Å². The van der Waals surface area contributed by atoms with Crippen LogP contribution in [-0.4, -0.2) is 13.1 Å². The molecule has 0 amide bonds. The number of nitriles is 1. The number of benzene rings is 1. The Balaban J connectivity index is 3.04. The molecule has 0 radical (unpaired) electrons. The maximum atomic E-state index is 11.0. The summed E-state index contributed by atoms with van der Waals surface area (Å²) in [6.45, 7) is 0. The minimum Gasteiger partial charge on any atom is -0.469 e. The van der Waals surface area contributed by atoms with E-state index in [1.54, 1.807) is 18.2 Å². The summed E-state index contributed by atoms with van der Waals surface area (Å²) < 4.78 is 5.23. The minimum atomic E-state index is -0.348. The number of rotatable bonds is 2. The molecule has 14 heavy (non-hydrogen) atoms. The number of carbonyl (C=O) groups is 1. The minimum absolute atomic E-state index is 0.124. The molecule has 0 N–H and O–H groups in total. The Kier molecular flexibility index (Phi) is 3.66. The maximum Gasteiger partial charge on any atom is 0.310 e. The van der Waals surface area contributed by atoms with Gasteiger partial charge in [0.2, 0.25) is 0 Å². The molecule has 0 atom stereocenters. The third-order valence-corrected chi connectivity index (χ3v) is 2.43. The second-order valence-electron chi connectivity index (χ2n) is 2.64. The molecule has 3 nitrogen and oxygen atoms in total. The van der Waals surface area contributed by atoms with Crippen molar-refractivity contribution in [3.63, 3.8) is 0 Å². The predicted molar refractivity (Wildman–Crippen MR) is 54.6 cm³/mol. The molecule has 0 saturated carbocycles. The Morgan fingerprint density at radius 2 is 2.36 bits per heavy atom. The van der Waals surface area contributed by atoms with Crippen molar-refractivity contribution in [3.05, 3.63) is 33.8 Å². The van der Waals surface area contributed by atoms with Gasteiger partial charge in [-0.25, -0.2) is 0 Å². The summed E-state index contributed by atoms with van der Waals surface area (Å²) in [6.07, 6.45) is 0.124. The van der Waals surface area contributed by atoms with Gasteiger partial charge >= 0.3 is 5.97 Å². The van der Waals surface area contributed by atoms with Crippen LogP contribution < -0.4 is 0 Å². The van der Waals surface area contributed by atoms with Gasteiger partial charge in [0.15, 0.2) is 0 Å². The van der Waals surface area contributed by atoms with Gasteiger partial charge in [-0.3, -0.25) is 4.79 Å². The second kappa shape index (κ2) is 4.77. The van der Waals surface area contributed by atoms with Gasteiger partial charge in [-0.05, 0) is 27.6 Å². The van der Waals surface area contributed by atoms with Crippen molar-refractivity contribution in [2.75, 3.05) is 7.11 Å². The fraction of sp³-hybridized carbons (Fsp3) is 0.200. The van der Waals surface area contributed by atoms with Crippen LogP contribution in [0.1, 0.15) is 11.1 Å². The van der Waals surface area contributed by atoms with Crippen LogP contribution in [0.25, 0.3) is 0 Å². The summed E-state index contributed by atoms with van der Waals surface area (Å²) in [4.78, 5) is 11.0. The molecule has 0 spiro atoms. The molecule has 0 aliphatic heterocycles. The highest BCUT2D eigenvalue weighted by Crippen LogP contribution is 2.20. The first-order chi connectivity index (χ1) is 6.69. The zero-order chi connectivity index (χ0) is 10.6. The van der Waals surface area contributed by atoms with Crippen LogP contribution in [0.3, 0.4) is 0 Å². The van der Waals surface area contributed by atoms with Crippen LogP contribution in [0.4, 0.5) is 0 Å². The smallest absolute Gasteiger partial charge is 0.310 e. The van der Waals surface area contributed by atoms with Gasteiger partial charge in [0, 0.05) is 4.47 Å². The molecule has 4 heteroatoms. The van der Waals surface area contributed by atoms with Crippen LogP contribution in [0.2, 0.25) is 0 Å². The van der Waals surface area contributed by atoms with Gasteiger partial charge < -0.3 is 4.74 Å². The Morgan fingerprint density at radius 1 is 1.64 bits per heavy atom. The fourth-order valence-electron chi connectivity index (χ4n) is 1.07. The molecule has 0 unspecified atom stereocenters. The number of halogens is 1. The molecule has 0 aliphatic rings. The lowest BCUT2D eigenvalue weighted by atomic mass is 10.1. The van der Waals surface area contributed by atoms with E-state index < -0.39 is 0 Å². The highest BCUT2D eigenvalue weighted by atomic mass is 79.9. The first-order valence-electron chi connectivity index (χ1n) is 3.93. The van der Waals surface area contributed by atoms with Crippen LogP contribution in [0.15, 0.2) is 22.7 Å². The first kappa shape index (κ1) is 10.7. The van der Waals surface area contributed by atoms with Gasteiger partial charge in [0.1, 0.15) is 6.07 Å². The van der Waals surface area contributed by atoms with Crippen molar-refractivity contribution >= 4 is 21.9 Å². The van der Waals surface area contributed by atoms with E-state index in [2.05, 4.69) is 20.7 Å². The average Bonchev–Trinajstić information content (AvgIpc) is 2.18. The molecule has 0 bridgehead atoms. The molecule has 72 valence electrons. The second-order valence-corrected chi connectivity index (χ2v) is 3.49. The van der Waals surface area contributed by atoms with Gasteiger partial charge in [0.05, 0.1) is 19.1 Å². The molecular formula is C10H8BrNO2. The standard InChI is InChI=1S/C10H8BrNO2/c1-14-10(13)5-7-3-2-4-9(11)8(7)6-12/h2-4H,5H2,1H3. The lowest BCUT2D eigenvalue weighted by Gasteiger charge is -2.03. The molecule has 0 aromatic heterocycles. The third kappa shape index (κ3) is 2.33. The topological polar surface area (TPSA) is 50.1 Å². The van der Waals surface area contributed by atoms with Crippen molar-refractivity contribution in [3.8, 4) is 6.07 Å². The van der Waals surface area contributed by atoms with Gasteiger partial charge in [-0.2, -0.15) is 5.26 Å². The Bertz CT molecular complexity index is 396. The predicted octanol–water partition coefficient (Wildman–Crippen LogP) is 2.04. The lowest BCUT2D eigenvalue weighted by Crippen LogP contribution is -2.06. The van der Waals surface area contributed by atoms with Gasteiger partial charge in [-0.1, -0.05) is 12.1 Å². The molecule has 0 saturated heterocycles. The van der Waals surface area contributed by atoms with Gasteiger partial charge in [0.25, 0.3) is 0 Å². The first-order valence-corrected chi connectivity index (χ1v) is 4.72.